The first kappa shape index (κ1) is 11.3. The topological polar surface area (TPSA) is 20.3 Å². The minimum atomic E-state index is 0.249. The van der Waals surface area contributed by atoms with Crippen molar-refractivity contribution in [2.75, 3.05) is 6.54 Å². The van der Waals surface area contributed by atoms with Crippen molar-refractivity contribution in [3.63, 3.8) is 0 Å². The predicted octanol–water partition coefficient (Wildman–Crippen LogP) is 2.95. The molecule has 1 saturated heterocycles. The van der Waals surface area contributed by atoms with E-state index in [9.17, 15) is 4.79 Å². The van der Waals surface area contributed by atoms with Crippen LogP contribution in [0.4, 0.5) is 0 Å². The van der Waals surface area contributed by atoms with E-state index in [2.05, 4.69) is 13.5 Å². The molecule has 0 aromatic carbocycles. The van der Waals surface area contributed by atoms with Crippen molar-refractivity contribution in [2.45, 2.75) is 45.4 Å². The van der Waals surface area contributed by atoms with E-state index in [1.807, 2.05) is 0 Å². The van der Waals surface area contributed by atoms with Crippen LogP contribution in [0.5, 0.6) is 0 Å². The molecule has 14 heavy (non-hydrogen) atoms. The largest absolute Gasteiger partial charge is 0.319 e. The summed E-state index contributed by atoms with van der Waals surface area (Å²) in [4.78, 5) is 13.3. The van der Waals surface area contributed by atoms with Crippen LogP contribution in [0.15, 0.2) is 12.8 Å². The molecular formula is C12H21NO. The van der Waals surface area contributed by atoms with Crippen LogP contribution < -0.4 is 0 Å². The summed E-state index contributed by atoms with van der Waals surface area (Å²) < 4.78 is 0. The van der Waals surface area contributed by atoms with Crippen LogP contribution in [0.1, 0.15) is 45.4 Å². The normalized spacial score (nSPS) is 23.4. The van der Waals surface area contributed by atoms with Crippen LogP contribution in [-0.4, -0.2) is 17.4 Å². The second-order valence-corrected chi connectivity index (χ2v) is 4.13. The maximum atomic E-state index is 11.5. The third-order valence-corrected chi connectivity index (χ3v) is 2.96. The second-order valence-electron chi connectivity index (χ2n) is 4.13. The average Bonchev–Trinajstić information content (AvgIpc) is 2.37. The van der Waals surface area contributed by atoms with E-state index in [1.54, 1.807) is 11.1 Å². The first-order chi connectivity index (χ1) is 6.77. The van der Waals surface area contributed by atoms with Gasteiger partial charge in [-0.15, -0.1) is 0 Å². The van der Waals surface area contributed by atoms with Gasteiger partial charge in [0.2, 0.25) is 5.91 Å². The fraction of sp³-hybridized carbons (Fsp3) is 0.750. The monoisotopic (exact) mass is 195 g/mol. The maximum Gasteiger partial charge on any atom is 0.226 e. The Morgan fingerprint density at radius 3 is 3.07 bits per heavy atom. The number of likely N-dealkylation sites (tertiary alicyclic amines) is 1. The Hall–Kier alpha value is -0.790. The van der Waals surface area contributed by atoms with Crippen LogP contribution in [-0.2, 0) is 4.79 Å². The molecule has 2 heteroatoms. The fourth-order valence-electron chi connectivity index (χ4n) is 2.06. The number of carbonyl (C=O) groups is 1. The van der Waals surface area contributed by atoms with E-state index in [1.165, 1.54) is 25.7 Å². The smallest absolute Gasteiger partial charge is 0.226 e. The Morgan fingerprint density at radius 2 is 2.43 bits per heavy atom. The molecule has 0 bridgehead atoms. The molecule has 1 rings (SSSR count). The molecule has 0 saturated carbocycles. The number of carbonyl (C=O) groups excluding carboxylic acids is 1. The molecule has 1 aliphatic rings. The molecule has 1 atom stereocenters. The van der Waals surface area contributed by atoms with E-state index < -0.39 is 0 Å². The molecule has 0 N–H and O–H groups in total. The van der Waals surface area contributed by atoms with Gasteiger partial charge in [0.25, 0.3) is 0 Å². The molecular weight excluding hydrogens is 174 g/mol. The summed E-state index contributed by atoms with van der Waals surface area (Å²) in [5, 5.41) is 0. The first-order valence-corrected chi connectivity index (χ1v) is 5.70. The highest BCUT2D eigenvalue weighted by atomic mass is 16.2. The van der Waals surface area contributed by atoms with Crippen LogP contribution in [0.3, 0.4) is 0 Å². The molecule has 80 valence electrons. The van der Waals surface area contributed by atoms with Crippen LogP contribution >= 0.6 is 0 Å². The number of hydrogen-bond acceptors (Lipinski definition) is 1. The number of nitrogens with zero attached hydrogens (tertiary/aromatic N) is 1. The van der Waals surface area contributed by atoms with Crippen LogP contribution in [0.25, 0.3) is 0 Å². The van der Waals surface area contributed by atoms with Crippen molar-refractivity contribution in [1.29, 1.82) is 0 Å². The summed E-state index contributed by atoms with van der Waals surface area (Å²) in [5.74, 6) is 0.943. The average molecular weight is 195 g/mol. The molecule has 1 unspecified atom stereocenters. The molecule has 1 heterocycles. The van der Waals surface area contributed by atoms with E-state index in [0.29, 0.717) is 12.3 Å². The van der Waals surface area contributed by atoms with Crippen molar-refractivity contribution in [3.8, 4) is 0 Å². The van der Waals surface area contributed by atoms with E-state index in [4.69, 9.17) is 0 Å². The van der Waals surface area contributed by atoms with Gasteiger partial charge < -0.3 is 4.90 Å². The summed E-state index contributed by atoms with van der Waals surface area (Å²) in [6.07, 6.45) is 8.44. The quantitative estimate of drug-likeness (QED) is 0.675. The number of amides is 1. The molecule has 1 aliphatic heterocycles. The first-order valence-electron chi connectivity index (χ1n) is 5.70. The maximum absolute atomic E-state index is 11.5. The summed E-state index contributed by atoms with van der Waals surface area (Å²) in [7, 11) is 0. The highest BCUT2D eigenvalue weighted by molar-refractivity contribution is 5.77. The van der Waals surface area contributed by atoms with E-state index in [-0.39, 0.29) is 5.91 Å². The number of unbranched alkanes of at least 4 members (excludes halogenated alkanes) is 1. The summed E-state index contributed by atoms with van der Waals surface area (Å²) in [5.41, 5.74) is 0. The third kappa shape index (κ3) is 3.17. The van der Waals surface area contributed by atoms with Crippen molar-refractivity contribution in [3.05, 3.63) is 12.8 Å². The number of hydrogen-bond donors (Lipinski definition) is 0. The second kappa shape index (κ2) is 5.84. The Labute approximate surface area is 87.0 Å². The molecule has 0 aromatic rings. The molecule has 1 fully saturated rings. The van der Waals surface area contributed by atoms with Crippen molar-refractivity contribution in [1.82, 2.24) is 4.90 Å². The zero-order valence-electron chi connectivity index (χ0n) is 9.17. The number of rotatable bonds is 4. The van der Waals surface area contributed by atoms with Gasteiger partial charge in [0.1, 0.15) is 0 Å². The Morgan fingerprint density at radius 1 is 1.64 bits per heavy atom. The Kier molecular flexibility index (Phi) is 4.71. The van der Waals surface area contributed by atoms with Gasteiger partial charge in [-0.1, -0.05) is 26.3 Å². The predicted molar refractivity (Wildman–Crippen MR) is 58.8 cm³/mol. The van der Waals surface area contributed by atoms with Crippen molar-refractivity contribution < 1.29 is 4.79 Å². The summed E-state index contributed by atoms with van der Waals surface area (Å²) in [6, 6.07) is 0. The molecule has 2 nitrogen and oxygen atoms in total. The Bertz CT molecular complexity index is 200. The molecule has 0 aliphatic carbocycles. The SMILES string of the molecule is C=CN1CC(CCCC)CCCC1=O. The van der Waals surface area contributed by atoms with Crippen LogP contribution in [0.2, 0.25) is 0 Å². The van der Waals surface area contributed by atoms with Crippen molar-refractivity contribution in [2.24, 2.45) is 5.92 Å². The van der Waals surface area contributed by atoms with Gasteiger partial charge in [-0.3, -0.25) is 4.79 Å². The molecule has 0 aromatic heterocycles. The van der Waals surface area contributed by atoms with Gasteiger partial charge in [0, 0.05) is 13.0 Å². The van der Waals surface area contributed by atoms with Gasteiger partial charge in [0.05, 0.1) is 0 Å². The zero-order chi connectivity index (χ0) is 10.4. The summed E-state index contributed by atoms with van der Waals surface area (Å²) >= 11 is 0. The zero-order valence-corrected chi connectivity index (χ0v) is 9.17. The minimum absolute atomic E-state index is 0.249. The highest BCUT2D eigenvalue weighted by Gasteiger charge is 2.20. The molecule has 0 spiro atoms. The lowest BCUT2D eigenvalue weighted by atomic mass is 9.97. The van der Waals surface area contributed by atoms with E-state index >= 15 is 0 Å². The Balaban J connectivity index is 2.45. The standard InChI is InChI=1S/C12H21NO/c1-3-5-7-11-8-6-9-12(14)13(4-2)10-11/h4,11H,2-3,5-10H2,1H3. The highest BCUT2D eigenvalue weighted by Crippen LogP contribution is 2.22. The van der Waals surface area contributed by atoms with Gasteiger partial charge in [0.15, 0.2) is 0 Å². The van der Waals surface area contributed by atoms with Gasteiger partial charge in [-0.2, -0.15) is 0 Å². The van der Waals surface area contributed by atoms with Gasteiger partial charge in [-0.05, 0) is 31.4 Å². The lowest BCUT2D eigenvalue weighted by molar-refractivity contribution is -0.128. The lowest BCUT2D eigenvalue weighted by Crippen LogP contribution is -2.27. The molecule has 1 amide bonds. The van der Waals surface area contributed by atoms with Gasteiger partial charge in [-0.25, -0.2) is 0 Å². The third-order valence-electron chi connectivity index (χ3n) is 2.96. The fourth-order valence-corrected chi connectivity index (χ4v) is 2.06. The minimum Gasteiger partial charge on any atom is -0.319 e. The van der Waals surface area contributed by atoms with Crippen molar-refractivity contribution >= 4 is 5.91 Å². The van der Waals surface area contributed by atoms with Crippen LogP contribution in [0, 0.1) is 5.92 Å². The molecule has 0 radical (unpaired) electrons. The van der Waals surface area contributed by atoms with E-state index in [0.717, 1.165) is 13.0 Å². The lowest BCUT2D eigenvalue weighted by Gasteiger charge is -2.20. The summed E-state index contributed by atoms with van der Waals surface area (Å²) in [6.45, 7) is 6.80. The van der Waals surface area contributed by atoms with Gasteiger partial charge >= 0.3 is 0 Å².